The molecule has 0 aliphatic carbocycles. The Bertz CT molecular complexity index is 1630. The van der Waals surface area contributed by atoms with Crippen LogP contribution in [0.1, 0.15) is 37.7 Å². The molecule has 3 N–H and O–H groups in total. The number of nitrogens with zero attached hydrogens (tertiary/aromatic N) is 5. The predicted molar refractivity (Wildman–Crippen MR) is 162 cm³/mol. The summed E-state index contributed by atoms with van der Waals surface area (Å²) in [4.78, 5) is 32.5. The molecular weight excluding hydrogens is 603 g/mol. The van der Waals surface area contributed by atoms with Gasteiger partial charge in [-0.15, -0.1) is 10.2 Å². The monoisotopic (exact) mass is 635 g/mol. The number of hydrogen-bond donors (Lipinski definition) is 2. The minimum absolute atomic E-state index is 0.164. The van der Waals surface area contributed by atoms with Crippen LogP contribution in [0.15, 0.2) is 79.0 Å². The molecule has 14 heteroatoms. The summed E-state index contributed by atoms with van der Waals surface area (Å²) in [6.07, 6.45) is -2.27. The third kappa shape index (κ3) is 8.07. The number of carbonyl (C=O) groups is 2. The second-order valence-corrected chi connectivity index (χ2v) is 10.3. The zero-order valence-electron chi connectivity index (χ0n) is 24.7. The fraction of sp³-hybridized carbons (Fsp3) is 0.281. The second-order valence-electron chi connectivity index (χ2n) is 10.3. The molecule has 2 aliphatic rings. The van der Waals surface area contributed by atoms with Gasteiger partial charge in [-0.3, -0.25) is 14.6 Å². The Kier molecular flexibility index (Phi) is 10.3. The Morgan fingerprint density at radius 1 is 0.891 bits per heavy atom. The molecule has 4 aromatic rings. The summed E-state index contributed by atoms with van der Waals surface area (Å²) in [5.41, 5.74) is 6.08. The number of carbonyl (C=O) groups excluding carboxylic acids is 2. The fourth-order valence-electron chi connectivity index (χ4n) is 4.87. The Balaban J connectivity index is 0.000000455. The van der Waals surface area contributed by atoms with E-state index >= 15 is 0 Å². The van der Waals surface area contributed by atoms with Crippen molar-refractivity contribution >= 4 is 17.6 Å². The number of nitrogens with one attached hydrogen (secondary N) is 1. The third-order valence-corrected chi connectivity index (χ3v) is 7.31. The maximum atomic E-state index is 13.3. The zero-order valence-corrected chi connectivity index (χ0v) is 24.7. The van der Waals surface area contributed by atoms with Gasteiger partial charge >= 0.3 is 6.18 Å². The van der Waals surface area contributed by atoms with Gasteiger partial charge in [0.2, 0.25) is 6.79 Å². The van der Waals surface area contributed by atoms with Gasteiger partial charge in [0, 0.05) is 45.5 Å². The van der Waals surface area contributed by atoms with Crippen LogP contribution in [0.2, 0.25) is 0 Å². The SMILES string of the molecule is NCc1ccccn1.O=C(NCCc1ccc2c(c1)OCO2)c1ccc(N2CCN(C(=O)c3ccccc3C(F)(F)F)CC2)nn1. The summed E-state index contributed by atoms with van der Waals surface area (Å²) >= 11 is 0. The van der Waals surface area contributed by atoms with Crippen molar-refractivity contribution in [3.63, 3.8) is 0 Å². The van der Waals surface area contributed by atoms with Crippen LogP contribution in [-0.4, -0.2) is 71.4 Å². The molecule has 240 valence electrons. The zero-order chi connectivity index (χ0) is 32.5. The van der Waals surface area contributed by atoms with Crippen molar-refractivity contribution in [2.24, 2.45) is 5.73 Å². The average molecular weight is 636 g/mol. The van der Waals surface area contributed by atoms with Crippen LogP contribution in [0.3, 0.4) is 0 Å². The number of pyridine rings is 1. The van der Waals surface area contributed by atoms with Gasteiger partial charge in [-0.25, -0.2) is 0 Å². The lowest BCUT2D eigenvalue weighted by molar-refractivity contribution is -0.138. The van der Waals surface area contributed by atoms with Gasteiger partial charge in [-0.1, -0.05) is 24.3 Å². The molecule has 2 aliphatic heterocycles. The molecule has 2 amide bonds. The van der Waals surface area contributed by atoms with Crippen molar-refractivity contribution < 1.29 is 32.2 Å². The van der Waals surface area contributed by atoms with Gasteiger partial charge in [0.15, 0.2) is 23.0 Å². The van der Waals surface area contributed by atoms with E-state index in [4.69, 9.17) is 15.2 Å². The van der Waals surface area contributed by atoms with E-state index in [2.05, 4.69) is 20.5 Å². The van der Waals surface area contributed by atoms with E-state index in [0.29, 0.717) is 49.9 Å². The van der Waals surface area contributed by atoms with Crippen LogP contribution >= 0.6 is 0 Å². The number of ether oxygens (including phenoxy) is 2. The normalized spacial score (nSPS) is 13.9. The molecule has 1 saturated heterocycles. The molecule has 0 unspecified atom stereocenters. The van der Waals surface area contributed by atoms with Gasteiger partial charge in [0.1, 0.15) is 0 Å². The summed E-state index contributed by atoms with van der Waals surface area (Å²) < 4.78 is 50.6. The molecule has 1 fully saturated rings. The highest BCUT2D eigenvalue weighted by Gasteiger charge is 2.36. The van der Waals surface area contributed by atoms with Crippen LogP contribution in [0, 0.1) is 0 Å². The maximum absolute atomic E-state index is 13.3. The van der Waals surface area contributed by atoms with E-state index in [9.17, 15) is 22.8 Å². The van der Waals surface area contributed by atoms with Crippen molar-refractivity contribution in [2.45, 2.75) is 19.1 Å². The first kappa shape index (κ1) is 32.2. The molecule has 6 rings (SSSR count). The predicted octanol–water partition coefficient (Wildman–Crippen LogP) is 3.70. The number of halogens is 3. The summed E-state index contributed by atoms with van der Waals surface area (Å²) in [6.45, 7) is 2.33. The van der Waals surface area contributed by atoms with Crippen LogP contribution in [0.25, 0.3) is 0 Å². The number of nitrogens with two attached hydrogens (primary N) is 1. The van der Waals surface area contributed by atoms with Crippen molar-refractivity contribution in [2.75, 3.05) is 44.4 Å². The highest BCUT2D eigenvalue weighted by molar-refractivity contribution is 5.96. The summed E-state index contributed by atoms with van der Waals surface area (Å²) in [7, 11) is 0. The molecule has 2 aromatic heterocycles. The van der Waals surface area contributed by atoms with Crippen LogP contribution in [0.4, 0.5) is 19.0 Å². The summed E-state index contributed by atoms with van der Waals surface area (Å²) in [5.74, 6) is 0.893. The Morgan fingerprint density at radius 3 is 2.33 bits per heavy atom. The van der Waals surface area contributed by atoms with E-state index in [0.717, 1.165) is 17.3 Å². The number of rotatable bonds is 7. The molecule has 46 heavy (non-hydrogen) atoms. The molecule has 0 spiro atoms. The van der Waals surface area contributed by atoms with E-state index in [-0.39, 0.29) is 37.0 Å². The lowest BCUT2D eigenvalue weighted by Crippen LogP contribution is -2.49. The van der Waals surface area contributed by atoms with Gasteiger partial charge in [-0.05, 0) is 60.5 Å². The first-order valence-corrected chi connectivity index (χ1v) is 14.5. The number of anilines is 1. The maximum Gasteiger partial charge on any atom is 0.417 e. The standard InChI is InChI=1S/C26H24F3N5O4.C6H8N2/c27-26(28,29)19-4-2-1-3-18(19)25(36)34-13-11-33(12-14-34)23-8-6-20(31-32-23)24(35)30-10-9-17-5-7-21-22(15-17)38-16-37-21;7-5-6-3-1-2-4-8-6/h1-8,15H,9-14,16H2,(H,30,35);1-4H,5,7H2. The lowest BCUT2D eigenvalue weighted by atomic mass is 10.1. The smallest absolute Gasteiger partial charge is 0.417 e. The van der Waals surface area contributed by atoms with Crippen LogP contribution in [-0.2, 0) is 19.1 Å². The van der Waals surface area contributed by atoms with Crippen molar-refractivity contribution in [3.05, 3.63) is 107 Å². The molecule has 0 bridgehead atoms. The number of piperazine rings is 1. The van der Waals surface area contributed by atoms with Gasteiger partial charge in [0.05, 0.1) is 16.8 Å². The average Bonchev–Trinajstić information content (AvgIpc) is 3.56. The quantitative estimate of drug-likeness (QED) is 0.312. The minimum atomic E-state index is -4.61. The first-order chi connectivity index (χ1) is 22.2. The lowest BCUT2D eigenvalue weighted by Gasteiger charge is -2.35. The number of aromatic nitrogens is 3. The molecule has 11 nitrogen and oxygen atoms in total. The minimum Gasteiger partial charge on any atom is -0.454 e. The Labute approximate surface area is 263 Å². The van der Waals surface area contributed by atoms with E-state index in [1.54, 1.807) is 18.3 Å². The third-order valence-electron chi connectivity index (χ3n) is 7.31. The van der Waals surface area contributed by atoms with Crippen molar-refractivity contribution in [1.82, 2.24) is 25.4 Å². The molecule has 0 atom stereocenters. The molecule has 0 saturated carbocycles. The number of benzene rings is 2. The highest BCUT2D eigenvalue weighted by Crippen LogP contribution is 2.33. The van der Waals surface area contributed by atoms with Crippen molar-refractivity contribution in [1.29, 1.82) is 0 Å². The molecule has 2 aromatic carbocycles. The number of fused-ring (bicyclic) bond motifs is 1. The van der Waals surface area contributed by atoms with Crippen molar-refractivity contribution in [3.8, 4) is 11.5 Å². The van der Waals surface area contributed by atoms with E-state index in [1.807, 2.05) is 41.3 Å². The van der Waals surface area contributed by atoms with E-state index in [1.165, 1.54) is 23.1 Å². The van der Waals surface area contributed by atoms with E-state index < -0.39 is 17.6 Å². The number of alkyl halides is 3. The Hall–Kier alpha value is -5.24. The Morgan fingerprint density at radius 2 is 1.65 bits per heavy atom. The summed E-state index contributed by atoms with van der Waals surface area (Å²) in [6, 6.07) is 19.3. The number of hydrogen-bond acceptors (Lipinski definition) is 9. The highest BCUT2D eigenvalue weighted by atomic mass is 19.4. The van der Waals surface area contributed by atoms with Gasteiger partial charge in [0.25, 0.3) is 11.8 Å². The first-order valence-electron chi connectivity index (χ1n) is 14.5. The molecular formula is C32H32F3N7O4. The van der Waals surface area contributed by atoms with Gasteiger partial charge < -0.3 is 30.3 Å². The van der Waals surface area contributed by atoms with Crippen LogP contribution in [0.5, 0.6) is 11.5 Å². The fourth-order valence-corrected chi connectivity index (χ4v) is 4.87. The van der Waals surface area contributed by atoms with Gasteiger partial charge in [-0.2, -0.15) is 13.2 Å². The summed E-state index contributed by atoms with van der Waals surface area (Å²) in [5, 5.41) is 11.0. The second kappa shape index (κ2) is 14.7. The number of amides is 2. The van der Waals surface area contributed by atoms with Crippen LogP contribution < -0.4 is 25.4 Å². The molecule has 0 radical (unpaired) electrons. The largest absolute Gasteiger partial charge is 0.454 e. The topological polar surface area (TPSA) is 136 Å². The molecule has 4 heterocycles.